The van der Waals surface area contributed by atoms with Crippen LogP contribution in [0.15, 0.2) is 58.4 Å². The van der Waals surface area contributed by atoms with Crippen molar-refractivity contribution in [2.45, 2.75) is 6.54 Å². The SMILES string of the molecule is C=CCOc1cc(Br)c(/C=C2\SC(=O)N(Cc3ccc(Cl)cc3)C2=O)cc1OC. The second kappa shape index (κ2) is 9.52. The second-order valence-electron chi connectivity index (χ2n) is 6.02. The minimum Gasteiger partial charge on any atom is -0.493 e. The molecule has 0 aromatic heterocycles. The van der Waals surface area contributed by atoms with Crippen molar-refractivity contribution in [3.63, 3.8) is 0 Å². The molecule has 8 heteroatoms. The first kappa shape index (κ1) is 21.5. The van der Waals surface area contributed by atoms with E-state index in [0.717, 1.165) is 17.3 Å². The molecule has 3 rings (SSSR count). The normalized spacial score (nSPS) is 15.1. The molecule has 0 spiro atoms. The number of benzene rings is 2. The van der Waals surface area contributed by atoms with E-state index in [0.29, 0.717) is 38.1 Å². The number of methoxy groups -OCH3 is 1. The fraction of sp³-hybridized carbons (Fsp3) is 0.143. The quantitative estimate of drug-likeness (QED) is 0.354. The van der Waals surface area contributed by atoms with Crippen LogP contribution in [0, 0.1) is 0 Å². The van der Waals surface area contributed by atoms with Crippen molar-refractivity contribution >= 4 is 56.5 Å². The van der Waals surface area contributed by atoms with Crippen LogP contribution < -0.4 is 9.47 Å². The van der Waals surface area contributed by atoms with Gasteiger partial charge < -0.3 is 9.47 Å². The highest BCUT2D eigenvalue weighted by Crippen LogP contribution is 2.38. The van der Waals surface area contributed by atoms with Gasteiger partial charge in [-0.05, 0) is 53.2 Å². The van der Waals surface area contributed by atoms with Crippen LogP contribution in [0.2, 0.25) is 5.02 Å². The summed E-state index contributed by atoms with van der Waals surface area (Å²) in [4.78, 5) is 26.7. The topological polar surface area (TPSA) is 55.8 Å². The van der Waals surface area contributed by atoms with Crippen LogP contribution in [0.5, 0.6) is 11.5 Å². The Balaban J connectivity index is 1.85. The van der Waals surface area contributed by atoms with Gasteiger partial charge in [0, 0.05) is 9.50 Å². The number of hydrogen-bond donors (Lipinski definition) is 0. The molecule has 0 radical (unpaired) electrons. The van der Waals surface area contributed by atoms with E-state index in [9.17, 15) is 9.59 Å². The maximum absolute atomic E-state index is 12.8. The molecule has 1 aliphatic rings. The predicted octanol–water partition coefficient (Wildman–Crippen LogP) is 5.91. The Morgan fingerprint density at radius 1 is 1.21 bits per heavy atom. The Morgan fingerprint density at radius 2 is 1.93 bits per heavy atom. The van der Waals surface area contributed by atoms with E-state index in [1.54, 1.807) is 48.6 Å². The number of imide groups is 1. The largest absolute Gasteiger partial charge is 0.493 e. The Labute approximate surface area is 186 Å². The molecular weight excluding hydrogens is 478 g/mol. The monoisotopic (exact) mass is 493 g/mol. The molecule has 1 fully saturated rings. The summed E-state index contributed by atoms with van der Waals surface area (Å²) in [5.74, 6) is 0.724. The molecule has 1 aliphatic heterocycles. The molecule has 2 amide bonds. The Hall–Kier alpha value is -2.22. The molecule has 1 heterocycles. The zero-order chi connectivity index (χ0) is 21.0. The Bertz CT molecular complexity index is 991. The summed E-state index contributed by atoms with van der Waals surface area (Å²) in [5.41, 5.74) is 1.52. The molecule has 29 heavy (non-hydrogen) atoms. The standard InChI is InChI=1S/C21H17BrClNO4S/c1-3-8-28-18-11-16(22)14(9-17(18)27-2)10-19-20(25)24(21(26)29-19)12-13-4-6-15(23)7-5-13/h3-7,9-11H,1,8,12H2,2H3/b19-10-. The molecular formula is C21H17BrClNO4S. The second-order valence-corrected chi connectivity index (χ2v) is 8.30. The molecule has 150 valence electrons. The summed E-state index contributed by atoms with van der Waals surface area (Å²) in [6.07, 6.45) is 3.30. The third-order valence-corrected chi connectivity index (χ3v) is 5.90. The number of amides is 2. The van der Waals surface area contributed by atoms with E-state index in [1.165, 1.54) is 12.0 Å². The lowest BCUT2D eigenvalue weighted by Crippen LogP contribution is -2.27. The van der Waals surface area contributed by atoms with Gasteiger partial charge in [0.1, 0.15) is 6.61 Å². The van der Waals surface area contributed by atoms with E-state index < -0.39 is 0 Å². The first-order valence-corrected chi connectivity index (χ1v) is 10.5. The van der Waals surface area contributed by atoms with Gasteiger partial charge in [0.05, 0.1) is 18.6 Å². The minimum absolute atomic E-state index is 0.192. The summed E-state index contributed by atoms with van der Waals surface area (Å²) >= 11 is 10.3. The van der Waals surface area contributed by atoms with Gasteiger partial charge in [0.2, 0.25) is 0 Å². The molecule has 1 saturated heterocycles. The average Bonchev–Trinajstić information content (AvgIpc) is 2.97. The lowest BCUT2D eigenvalue weighted by molar-refractivity contribution is -0.123. The fourth-order valence-electron chi connectivity index (χ4n) is 2.63. The van der Waals surface area contributed by atoms with Gasteiger partial charge in [-0.2, -0.15) is 0 Å². The summed E-state index contributed by atoms with van der Waals surface area (Å²) in [5, 5.41) is 0.285. The number of carbonyl (C=O) groups is 2. The van der Waals surface area contributed by atoms with Crippen molar-refractivity contribution in [3.8, 4) is 11.5 Å². The van der Waals surface area contributed by atoms with Crippen LogP contribution in [0.1, 0.15) is 11.1 Å². The highest BCUT2D eigenvalue weighted by molar-refractivity contribution is 9.10. The van der Waals surface area contributed by atoms with E-state index in [1.807, 2.05) is 0 Å². The highest BCUT2D eigenvalue weighted by Gasteiger charge is 2.35. The van der Waals surface area contributed by atoms with Crippen LogP contribution in [-0.2, 0) is 11.3 Å². The molecule has 0 saturated carbocycles. The summed E-state index contributed by atoms with van der Waals surface area (Å²) in [6.45, 7) is 4.16. The summed E-state index contributed by atoms with van der Waals surface area (Å²) in [6, 6.07) is 10.5. The molecule has 0 N–H and O–H groups in total. The van der Waals surface area contributed by atoms with Crippen molar-refractivity contribution in [3.05, 3.63) is 74.6 Å². The zero-order valence-corrected chi connectivity index (χ0v) is 18.6. The van der Waals surface area contributed by atoms with E-state index in [-0.39, 0.29) is 17.7 Å². The molecule has 0 bridgehead atoms. The molecule has 0 aliphatic carbocycles. The van der Waals surface area contributed by atoms with Gasteiger partial charge in [-0.25, -0.2) is 0 Å². The van der Waals surface area contributed by atoms with Crippen molar-refractivity contribution in [2.24, 2.45) is 0 Å². The third kappa shape index (κ3) is 5.04. The minimum atomic E-state index is -0.340. The smallest absolute Gasteiger partial charge is 0.293 e. The molecule has 2 aromatic carbocycles. The number of carbonyl (C=O) groups excluding carboxylic acids is 2. The van der Waals surface area contributed by atoms with Gasteiger partial charge in [-0.15, -0.1) is 0 Å². The van der Waals surface area contributed by atoms with Gasteiger partial charge in [-0.3, -0.25) is 14.5 Å². The van der Waals surface area contributed by atoms with Crippen molar-refractivity contribution in [1.29, 1.82) is 0 Å². The zero-order valence-electron chi connectivity index (χ0n) is 15.5. The molecule has 5 nitrogen and oxygen atoms in total. The van der Waals surface area contributed by atoms with Crippen LogP contribution in [0.25, 0.3) is 6.08 Å². The molecule has 0 atom stereocenters. The van der Waals surface area contributed by atoms with Crippen LogP contribution in [0.3, 0.4) is 0 Å². The van der Waals surface area contributed by atoms with Gasteiger partial charge >= 0.3 is 0 Å². The van der Waals surface area contributed by atoms with Crippen LogP contribution in [-0.4, -0.2) is 29.8 Å². The van der Waals surface area contributed by atoms with Gasteiger partial charge in [0.15, 0.2) is 11.5 Å². The molecule has 0 unspecified atom stereocenters. The maximum Gasteiger partial charge on any atom is 0.293 e. The third-order valence-electron chi connectivity index (χ3n) is 4.05. The number of thioether (sulfide) groups is 1. The van der Waals surface area contributed by atoms with Gasteiger partial charge in [0.25, 0.3) is 11.1 Å². The number of nitrogens with zero attached hydrogens (tertiary/aromatic N) is 1. The number of hydrogen-bond acceptors (Lipinski definition) is 5. The lowest BCUT2D eigenvalue weighted by atomic mass is 10.1. The van der Waals surface area contributed by atoms with E-state index in [2.05, 4.69) is 22.5 Å². The highest BCUT2D eigenvalue weighted by atomic mass is 79.9. The number of ether oxygens (including phenoxy) is 2. The van der Waals surface area contributed by atoms with E-state index >= 15 is 0 Å². The number of rotatable bonds is 7. The Kier molecular flexibility index (Phi) is 7.05. The summed E-state index contributed by atoms with van der Waals surface area (Å²) in [7, 11) is 1.54. The average molecular weight is 495 g/mol. The first-order chi connectivity index (χ1) is 13.9. The van der Waals surface area contributed by atoms with Crippen molar-refractivity contribution < 1.29 is 19.1 Å². The fourth-order valence-corrected chi connectivity index (χ4v) is 4.02. The first-order valence-electron chi connectivity index (χ1n) is 8.54. The predicted molar refractivity (Wildman–Crippen MR) is 119 cm³/mol. The van der Waals surface area contributed by atoms with Gasteiger partial charge in [-0.1, -0.05) is 52.3 Å². The Morgan fingerprint density at radius 3 is 2.59 bits per heavy atom. The van der Waals surface area contributed by atoms with Crippen LogP contribution in [0.4, 0.5) is 4.79 Å². The van der Waals surface area contributed by atoms with Crippen LogP contribution >= 0.6 is 39.3 Å². The van der Waals surface area contributed by atoms with Crippen molar-refractivity contribution in [2.75, 3.05) is 13.7 Å². The lowest BCUT2D eigenvalue weighted by Gasteiger charge is -2.13. The van der Waals surface area contributed by atoms with Crippen molar-refractivity contribution in [1.82, 2.24) is 4.90 Å². The van der Waals surface area contributed by atoms with E-state index in [4.69, 9.17) is 21.1 Å². The maximum atomic E-state index is 12.8. The summed E-state index contributed by atoms with van der Waals surface area (Å²) < 4.78 is 11.7. The molecule has 2 aromatic rings. The number of halogens is 2.